The number of unbranched alkanes of at least 4 members (excludes halogenated alkanes) is 38. The van der Waals surface area contributed by atoms with Gasteiger partial charge in [-0.3, -0.25) is 4.79 Å². The highest BCUT2D eigenvalue weighted by molar-refractivity contribution is 5.76. The maximum absolute atomic E-state index is 13.3. The molecule has 12 unspecified atom stereocenters. The Labute approximate surface area is 451 Å². The van der Waals surface area contributed by atoms with Crippen LogP contribution in [0.4, 0.5) is 0 Å². The van der Waals surface area contributed by atoms with Crippen molar-refractivity contribution < 1.29 is 64.6 Å². The first-order chi connectivity index (χ1) is 36.1. The van der Waals surface area contributed by atoms with Crippen LogP contribution >= 0.6 is 0 Å². The van der Waals surface area contributed by atoms with E-state index < -0.39 is 86.8 Å². The first-order valence-corrected chi connectivity index (χ1v) is 31.3. The van der Waals surface area contributed by atoms with Crippen LogP contribution in [-0.4, -0.2) is 140 Å². The molecule has 74 heavy (non-hydrogen) atoms. The van der Waals surface area contributed by atoms with Gasteiger partial charge in [0, 0.05) is 6.42 Å². The molecule has 0 saturated carbocycles. The largest absolute Gasteiger partial charge is 0.394 e. The molecule has 0 aromatic rings. The molecule has 12 atom stereocenters. The quantitative estimate of drug-likeness (QED) is 0.0259. The lowest BCUT2D eigenvalue weighted by Gasteiger charge is -2.46. The van der Waals surface area contributed by atoms with E-state index in [0.717, 1.165) is 51.4 Å². The van der Waals surface area contributed by atoms with Gasteiger partial charge in [0.05, 0.1) is 32.0 Å². The van der Waals surface area contributed by atoms with Crippen molar-refractivity contribution >= 4 is 5.91 Å². The Morgan fingerprint density at radius 1 is 0.432 bits per heavy atom. The minimum absolute atomic E-state index is 0.199. The third-order valence-electron chi connectivity index (χ3n) is 15.8. The van der Waals surface area contributed by atoms with E-state index in [0.29, 0.717) is 12.8 Å². The number of aliphatic hydroxyl groups excluding tert-OH is 8. The van der Waals surface area contributed by atoms with Crippen LogP contribution in [0.5, 0.6) is 0 Å². The third kappa shape index (κ3) is 32.2. The number of carbonyl (C=O) groups excluding carboxylic acids is 1. The third-order valence-corrected chi connectivity index (χ3v) is 15.8. The number of ether oxygens (including phenoxy) is 4. The molecule has 2 aliphatic heterocycles. The highest BCUT2D eigenvalue weighted by Gasteiger charge is 2.51. The second-order valence-corrected chi connectivity index (χ2v) is 22.6. The van der Waals surface area contributed by atoms with Gasteiger partial charge in [0.15, 0.2) is 12.6 Å². The van der Waals surface area contributed by atoms with Crippen LogP contribution in [0.3, 0.4) is 0 Å². The lowest BCUT2D eigenvalue weighted by molar-refractivity contribution is -0.359. The van der Waals surface area contributed by atoms with Gasteiger partial charge in [-0.25, -0.2) is 0 Å². The Morgan fingerprint density at radius 2 is 0.770 bits per heavy atom. The van der Waals surface area contributed by atoms with Crippen LogP contribution in [0.15, 0.2) is 0 Å². The fraction of sp³-hybridized carbons (Fsp3) is 0.983. The fourth-order valence-corrected chi connectivity index (χ4v) is 10.8. The average molecular weight is 1060 g/mol. The number of carbonyl (C=O) groups is 1. The smallest absolute Gasteiger partial charge is 0.220 e. The summed E-state index contributed by atoms with van der Waals surface area (Å²) in [5.41, 5.74) is 0. The molecule has 440 valence electrons. The van der Waals surface area contributed by atoms with Crippen molar-refractivity contribution in [1.29, 1.82) is 0 Å². The highest BCUT2D eigenvalue weighted by atomic mass is 16.7. The van der Waals surface area contributed by atoms with E-state index in [4.69, 9.17) is 18.9 Å². The van der Waals surface area contributed by atoms with Crippen molar-refractivity contribution in [3.63, 3.8) is 0 Å². The number of hydrogen-bond donors (Lipinski definition) is 9. The molecule has 1 amide bonds. The predicted octanol–water partition coefficient (Wildman–Crippen LogP) is 10.9. The van der Waals surface area contributed by atoms with Crippen molar-refractivity contribution in [2.24, 2.45) is 0 Å². The van der Waals surface area contributed by atoms with Crippen LogP contribution < -0.4 is 5.32 Å². The van der Waals surface area contributed by atoms with Crippen molar-refractivity contribution in [3.8, 4) is 0 Å². The molecule has 2 heterocycles. The minimum atomic E-state index is -1.78. The Hall–Kier alpha value is -1.01. The molecule has 2 rings (SSSR count). The molecular weight excluding hydrogens is 943 g/mol. The summed E-state index contributed by atoms with van der Waals surface area (Å²) < 4.78 is 22.9. The molecule has 2 saturated heterocycles. The maximum atomic E-state index is 13.3. The lowest BCUT2D eigenvalue weighted by atomic mass is 9.97. The summed E-state index contributed by atoms with van der Waals surface area (Å²) in [5, 5.41) is 87.3. The zero-order chi connectivity index (χ0) is 53.9. The van der Waals surface area contributed by atoms with Crippen LogP contribution in [0, 0.1) is 0 Å². The predicted molar refractivity (Wildman–Crippen MR) is 296 cm³/mol. The molecule has 14 heteroatoms. The molecule has 0 aromatic carbocycles. The van der Waals surface area contributed by atoms with Crippen LogP contribution in [0.2, 0.25) is 0 Å². The van der Waals surface area contributed by atoms with Crippen molar-refractivity contribution in [1.82, 2.24) is 5.32 Å². The molecule has 0 spiro atoms. The Balaban J connectivity index is 1.71. The van der Waals surface area contributed by atoms with Gasteiger partial charge in [-0.1, -0.05) is 264 Å². The number of rotatable bonds is 51. The van der Waals surface area contributed by atoms with E-state index in [1.54, 1.807) is 0 Å². The molecule has 14 nitrogen and oxygen atoms in total. The molecule has 2 fully saturated rings. The van der Waals surface area contributed by atoms with Gasteiger partial charge in [-0.05, 0) is 12.8 Å². The summed E-state index contributed by atoms with van der Waals surface area (Å²) in [4.78, 5) is 13.3. The Bertz CT molecular complexity index is 1250. The summed E-state index contributed by atoms with van der Waals surface area (Å²) >= 11 is 0. The van der Waals surface area contributed by atoms with Gasteiger partial charge in [-0.15, -0.1) is 0 Å². The second kappa shape index (κ2) is 46.9. The Kier molecular flexibility index (Phi) is 43.8. The molecule has 0 aromatic heterocycles. The topological polar surface area (TPSA) is 228 Å². The van der Waals surface area contributed by atoms with Crippen LogP contribution in [0.25, 0.3) is 0 Å². The molecule has 9 N–H and O–H groups in total. The first-order valence-electron chi connectivity index (χ1n) is 31.3. The van der Waals surface area contributed by atoms with E-state index in [2.05, 4.69) is 19.2 Å². The van der Waals surface area contributed by atoms with E-state index in [1.807, 2.05) is 0 Å². The lowest BCUT2D eigenvalue weighted by Crippen LogP contribution is -2.65. The number of hydrogen-bond acceptors (Lipinski definition) is 13. The number of aliphatic hydroxyl groups is 8. The second-order valence-electron chi connectivity index (χ2n) is 22.6. The molecule has 2 aliphatic rings. The zero-order valence-electron chi connectivity index (χ0n) is 47.4. The minimum Gasteiger partial charge on any atom is -0.394 e. The van der Waals surface area contributed by atoms with Gasteiger partial charge in [0.25, 0.3) is 0 Å². The van der Waals surface area contributed by atoms with Crippen molar-refractivity contribution in [2.45, 2.75) is 357 Å². The standard InChI is InChI=1S/C60H117NO13/c1-3-5-7-9-11-13-15-17-19-21-22-23-24-25-26-27-28-30-32-34-36-38-40-42-44-52(65)61-48(49(64)43-41-39-37-35-33-31-29-20-18-16-14-12-10-8-6-4-2)47-71-59-57(70)55(68)58(51(46-63)73-59)74-60-56(69)54(67)53(66)50(45-62)72-60/h48-51,53-60,62-64,66-70H,3-47H2,1-2H3,(H,61,65). The summed E-state index contributed by atoms with van der Waals surface area (Å²) in [6.45, 7) is 2.90. The van der Waals surface area contributed by atoms with Crippen molar-refractivity contribution in [3.05, 3.63) is 0 Å². The van der Waals surface area contributed by atoms with E-state index in [1.165, 1.54) is 205 Å². The van der Waals surface area contributed by atoms with Gasteiger partial charge in [-0.2, -0.15) is 0 Å². The molecule has 0 radical (unpaired) electrons. The molecular formula is C60H117NO13. The summed E-state index contributed by atoms with van der Waals surface area (Å²) in [6.07, 6.45) is 35.3. The van der Waals surface area contributed by atoms with Gasteiger partial charge >= 0.3 is 0 Å². The molecule has 0 bridgehead atoms. The molecule has 0 aliphatic carbocycles. The first kappa shape index (κ1) is 69.1. The number of nitrogens with one attached hydrogen (secondary N) is 1. The highest BCUT2D eigenvalue weighted by Crippen LogP contribution is 2.30. The van der Waals surface area contributed by atoms with E-state index in [9.17, 15) is 45.6 Å². The van der Waals surface area contributed by atoms with Crippen LogP contribution in [-0.2, 0) is 23.7 Å². The summed E-state index contributed by atoms with van der Waals surface area (Å²) in [6, 6.07) is -0.822. The SMILES string of the molecule is CCCCCCCCCCCCCCCCCCCCCCCCCCC(=O)NC(COC1OC(CO)C(OC2OC(CO)C(O)C(O)C2O)C(O)C1O)C(O)CCCCCCCCCCCCCCCCCC. The van der Waals surface area contributed by atoms with E-state index >= 15 is 0 Å². The van der Waals surface area contributed by atoms with Gasteiger partial charge in [0.2, 0.25) is 5.91 Å². The van der Waals surface area contributed by atoms with Gasteiger partial charge < -0.3 is 65.1 Å². The van der Waals surface area contributed by atoms with Gasteiger partial charge in [0.1, 0.15) is 48.8 Å². The van der Waals surface area contributed by atoms with E-state index in [-0.39, 0.29) is 12.5 Å². The normalized spacial score (nSPS) is 25.1. The monoisotopic (exact) mass is 1060 g/mol. The van der Waals surface area contributed by atoms with Crippen LogP contribution in [0.1, 0.15) is 284 Å². The Morgan fingerprint density at radius 3 is 1.15 bits per heavy atom. The zero-order valence-corrected chi connectivity index (χ0v) is 47.4. The average Bonchev–Trinajstić information content (AvgIpc) is 3.40. The summed E-state index contributed by atoms with van der Waals surface area (Å²) in [5.74, 6) is -0.199. The number of amides is 1. The fourth-order valence-electron chi connectivity index (χ4n) is 10.8. The summed E-state index contributed by atoms with van der Waals surface area (Å²) in [7, 11) is 0. The maximum Gasteiger partial charge on any atom is 0.220 e. The van der Waals surface area contributed by atoms with Crippen molar-refractivity contribution in [2.75, 3.05) is 19.8 Å².